The van der Waals surface area contributed by atoms with Gasteiger partial charge in [-0.2, -0.15) is 0 Å². The van der Waals surface area contributed by atoms with E-state index < -0.39 is 0 Å². The Hall–Kier alpha value is -1.06. The van der Waals surface area contributed by atoms with E-state index in [2.05, 4.69) is 30.0 Å². The molecule has 3 nitrogen and oxygen atoms in total. The second-order valence-corrected chi connectivity index (χ2v) is 4.18. The van der Waals surface area contributed by atoms with Crippen LogP contribution in [0.25, 0.3) is 0 Å². The van der Waals surface area contributed by atoms with Crippen molar-refractivity contribution in [3.63, 3.8) is 0 Å². The van der Waals surface area contributed by atoms with E-state index in [1.807, 2.05) is 6.07 Å². The molecule has 0 aromatic heterocycles. The third-order valence-electron chi connectivity index (χ3n) is 3.15. The van der Waals surface area contributed by atoms with Crippen LogP contribution in [0, 0.1) is 0 Å². The Labute approximate surface area is 97.2 Å². The van der Waals surface area contributed by atoms with Crippen LogP contribution < -0.4 is 10.6 Å². The average Bonchev–Trinajstić information content (AvgIpc) is 2.38. The minimum atomic E-state index is 0.361. The van der Waals surface area contributed by atoms with Gasteiger partial charge in [-0.25, -0.2) is 0 Å². The zero-order valence-electron chi connectivity index (χ0n) is 9.86. The maximum absolute atomic E-state index is 5.77. The number of nitrogens with zero attached hydrogens (tertiary/aromatic N) is 1. The highest BCUT2D eigenvalue weighted by molar-refractivity contribution is 5.54. The van der Waals surface area contributed by atoms with Gasteiger partial charge in [0, 0.05) is 25.3 Å². The van der Waals surface area contributed by atoms with Crippen molar-refractivity contribution in [2.24, 2.45) is 5.73 Å². The van der Waals surface area contributed by atoms with E-state index in [1.54, 1.807) is 0 Å². The molecular formula is C13H20N2O. The number of nitrogens with two attached hydrogens (primary N) is 1. The lowest BCUT2D eigenvalue weighted by Crippen LogP contribution is -2.42. The molecule has 1 fully saturated rings. The Kier molecular flexibility index (Phi) is 3.80. The highest BCUT2D eigenvalue weighted by Crippen LogP contribution is 2.22. The molecule has 1 aliphatic heterocycles. The molecule has 1 saturated heterocycles. The van der Waals surface area contributed by atoms with E-state index in [1.165, 1.54) is 11.3 Å². The molecule has 0 amide bonds. The van der Waals surface area contributed by atoms with Gasteiger partial charge in [0.05, 0.1) is 12.7 Å². The van der Waals surface area contributed by atoms with Gasteiger partial charge < -0.3 is 15.4 Å². The third kappa shape index (κ3) is 2.36. The first-order valence-electron chi connectivity index (χ1n) is 5.99. The largest absolute Gasteiger partial charge is 0.375 e. The number of anilines is 1. The quantitative estimate of drug-likeness (QED) is 0.843. The zero-order chi connectivity index (χ0) is 11.4. The summed E-state index contributed by atoms with van der Waals surface area (Å²) in [4.78, 5) is 2.39. The minimum absolute atomic E-state index is 0.361. The van der Waals surface area contributed by atoms with Gasteiger partial charge in [0.1, 0.15) is 0 Å². The molecule has 1 heterocycles. The third-order valence-corrected chi connectivity index (χ3v) is 3.15. The lowest BCUT2D eigenvalue weighted by atomic mass is 10.1. The molecule has 1 aliphatic rings. The summed E-state index contributed by atoms with van der Waals surface area (Å²) in [5, 5.41) is 0. The standard InChI is InChI=1S/C13H20N2O/c1-2-12-10-15(7-8-16-12)13-6-4-3-5-11(13)9-14/h3-6,12H,2,7-10,14H2,1H3. The van der Waals surface area contributed by atoms with E-state index in [0.29, 0.717) is 12.6 Å². The molecule has 0 bridgehead atoms. The van der Waals surface area contributed by atoms with E-state index in [4.69, 9.17) is 10.5 Å². The Morgan fingerprint density at radius 2 is 2.25 bits per heavy atom. The summed E-state index contributed by atoms with van der Waals surface area (Å²) in [6.07, 6.45) is 1.43. The van der Waals surface area contributed by atoms with Crippen LogP contribution in [0.15, 0.2) is 24.3 Å². The van der Waals surface area contributed by atoms with Crippen molar-refractivity contribution in [3.8, 4) is 0 Å². The molecule has 1 aromatic rings. The van der Waals surface area contributed by atoms with Crippen molar-refractivity contribution in [1.82, 2.24) is 0 Å². The van der Waals surface area contributed by atoms with Crippen LogP contribution in [0.3, 0.4) is 0 Å². The summed E-state index contributed by atoms with van der Waals surface area (Å²) in [7, 11) is 0. The predicted molar refractivity (Wildman–Crippen MR) is 66.6 cm³/mol. The second kappa shape index (κ2) is 5.32. The molecule has 1 atom stereocenters. The van der Waals surface area contributed by atoms with Gasteiger partial charge in [-0.15, -0.1) is 0 Å². The first kappa shape index (κ1) is 11.4. The monoisotopic (exact) mass is 220 g/mol. The van der Waals surface area contributed by atoms with Crippen LogP contribution in [0.2, 0.25) is 0 Å². The van der Waals surface area contributed by atoms with Crippen LogP contribution in [0.4, 0.5) is 5.69 Å². The van der Waals surface area contributed by atoms with Crippen molar-refractivity contribution in [1.29, 1.82) is 0 Å². The second-order valence-electron chi connectivity index (χ2n) is 4.18. The summed E-state index contributed by atoms with van der Waals surface area (Å²) in [5.41, 5.74) is 8.26. The van der Waals surface area contributed by atoms with Gasteiger partial charge in [-0.1, -0.05) is 25.1 Å². The van der Waals surface area contributed by atoms with Gasteiger partial charge in [0.25, 0.3) is 0 Å². The van der Waals surface area contributed by atoms with Gasteiger partial charge in [0.2, 0.25) is 0 Å². The molecule has 1 aromatic carbocycles. The summed E-state index contributed by atoms with van der Waals surface area (Å²) < 4.78 is 5.68. The summed E-state index contributed by atoms with van der Waals surface area (Å²) >= 11 is 0. The van der Waals surface area contributed by atoms with E-state index >= 15 is 0 Å². The number of ether oxygens (including phenoxy) is 1. The highest BCUT2D eigenvalue weighted by atomic mass is 16.5. The average molecular weight is 220 g/mol. The molecular weight excluding hydrogens is 200 g/mol. The lowest BCUT2D eigenvalue weighted by molar-refractivity contribution is 0.0384. The Balaban J connectivity index is 2.16. The normalized spacial score (nSPS) is 21.1. The van der Waals surface area contributed by atoms with E-state index in [9.17, 15) is 0 Å². The number of para-hydroxylation sites is 1. The number of morpholine rings is 1. The van der Waals surface area contributed by atoms with Crippen molar-refractivity contribution in [2.45, 2.75) is 26.0 Å². The molecule has 0 saturated carbocycles. The van der Waals surface area contributed by atoms with Gasteiger partial charge in [0.15, 0.2) is 0 Å². The van der Waals surface area contributed by atoms with Gasteiger partial charge in [-0.3, -0.25) is 0 Å². The molecule has 0 spiro atoms. The lowest BCUT2D eigenvalue weighted by Gasteiger charge is -2.35. The van der Waals surface area contributed by atoms with Crippen molar-refractivity contribution < 1.29 is 4.74 Å². The molecule has 2 rings (SSSR count). The maximum Gasteiger partial charge on any atom is 0.0748 e. The Morgan fingerprint density at radius 3 is 3.00 bits per heavy atom. The smallest absolute Gasteiger partial charge is 0.0748 e. The van der Waals surface area contributed by atoms with Crippen molar-refractivity contribution >= 4 is 5.69 Å². The van der Waals surface area contributed by atoms with E-state index in [-0.39, 0.29) is 0 Å². The Morgan fingerprint density at radius 1 is 1.44 bits per heavy atom. The summed E-state index contributed by atoms with van der Waals surface area (Å²) in [6.45, 7) is 5.53. The SMILES string of the molecule is CCC1CN(c2ccccc2CN)CCO1. The fourth-order valence-corrected chi connectivity index (χ4v) is 2.18. The molecule has 2 N–H and O–H groups in total. The van der Waals surface area contributed by atoms with Gasteiger partial charge in [-0.05, 0) is 18.1 Å². The van der Waals surface area contributed by atoms with Crippen molar-refractivity contribution in [3.05, 3.63) is 29.8 Å². The molecule has 1 unspecified atom stereocenters. The molecule has 88 valence electrons. The molecule has 0 radical (unpaired) electrons. The van der Waals surface area contributed by atoms with Crippen LogP contribution >= 0.6 is 0 Å². The van der Waals surface area contributed by atoms with Crippen LogP contribution in [0.5, 0.6) is 0 Å². The predicted octanol–water partition coefficient (Wildman–Crippen LogP) is 1.76. The minimum Gasteiger partial charge on any atom is -0.375 e. The number of hydrogen-bond donors (Lipinski definition) is 1. The zero-order valence-corrected chi connectivity index (χ0v) is 9.86. The molecule has 0 aliphatic carbocycles. The topological polar surface area (TPSA) is 38.5 Å². The van der Waals surface area contributed by atoms with Crippen molar-refractivity contribution in [2.75, 3.05) is 24.6 Å². The van der Waals surface area contributed by atoms with Crippen LogP contribution in [-0.2, 0) is 11.3 Å². The van der Waals surface area contributed by atoms with Gasteiger partial charge >= 0.3 is 0 Å². The maximum atomic E-state index is 5.77. The van der Waals surface area contributed by atoms with Crippen LogP contribution in [0.1, 0.15) is 18.9 Å². The molecule has 3 heteroatoms. The number of benzene rings is 1. The first-order chi connectivity index (χ1) is 7.85. The first-order valence-corrected chi connectivity index (χ1v) is 5.99. The number of hydrogen-bond acceptors (Lipinski definition) is 3. The van der Waals surface area contributed by atoms with E-state index in [0.717, 1.165) is 26.1 Å². The summed E-state index contributed by atoms with van der Waals surface area (Å²) in [5.74, 6) is 0. The Bertz CT molecular complexity index is 340. The molecule has 16 heavy (non-hydrogen) atoms. The summed E-state index contributed by atoms with van der Waals surface area (Å²) in [6, 6.07) is 8.38. The van der Waals surface area contributed by atoms with Crippen LogP contribution in [-0.4, -0.2) is 25.8 Å². The highest BCUT2D eigenvalue weighted by Gasteiger charge is 2.20. The fraction of sp³-hybridized carbons (Fsp3) is 0.538. The fourth-order valence-electron chi connectivity index (χ4n) is 2.18. The number of rotatable bonds is 3.